The first-order valence-corrected chi connectivity index (χ1v) is 13.2. The molecule has 0 aliphatic carbocycles. The van der Waals surface area contributed by atoms with E-state index in [1.807, 2.05) is 88.4 Å². The van der Waals surface area contributed by atoms with Crippen LogP contribution >= 0.6 is 0 Å². The van der Waals surface area contributed by atoms with Gasteiger partial charge in [-0.15, -0.1) is 5.10 Å². The van der Waals surface area contributed by atoms with E-state index < -0.39 is 11.6 Å². The number of furan rings is 1. The van der Waals surface area contributed by atoms with Crippen LogP contribution in [0.25, 0.3) is 10.9 Å². The van der Waals surface area contributed by atoms with Crippen molar-refractivity contribution in [1.82, 2.24) is 30.1 Å². The van der Waals surface area contributed by atoms with Gasteiger partial charge in [0.2, 0.25) is 0 Å². The third-order valence-corrected chi connectivity index (χ3v) is 6.65. The van der Waals surface area contributed by atoms with Gasteiger partial charge in [-0.05, 0) is 92.2 Å². The summed E-state index contributed by atoms with van der Waals surface area (Å²) < 4.78 is 18.8. The van der Waals surface area contributed by atoms with Crippen LogP contribution in [-0.4, -0.2) is 43.8 Å². The average Bonchev–Trinajstić information content (AvgIpc) is 3.62. The van der Waals surface area contributed by atoms with E-state index >= 15 is 0 Å². The summed E-state index contributed by atoms with van der Waals surface area (Å²) in [5, 5.41) is 13.7. The molecule has 208 valence electrons. The Balaban J connectivity index is 1.72. The van der Waals surface area contributed by atoms with Crippen molar-refractivity contribution < 1.29 is 13.9 Å². The Hall–Kier alpha value is -4.44. The molecule has 1 atom stereocenters. The minimum absolute atomic E-state index is 0.222. The lowest BCUT2D eigenvalue weighted by Crippen LogP contribution is -2.37. The number of aromatic amines is 1. The van der Waals surface area contributed by atoms with Crippen LogP contribution in [0.3, 0.4) is 0 Å². The van der Waals surface area contributed by atoms with E-state index in [4.69, 9.17) is 13.9 Å². The highest BCUT2D eigenvalue weighted by atomic mass is 16.5. The van der Waals surface area contributed by atoms with Gasteiger partial charge in [-0.1, -0.05) is 12.1 Å². The summed E-state index contributed by atoms with van der Waals surface area (Å²) in [6.07, 6.45) is 1.64. The highest BCUT2D eigenvalue weighted by molar-refractivity contribution is 5.80. The van der Waals surface area contributed by atoms with E-state index in [1.54, 1.807) is 18.1 Å². The van der Waals surface area contributed by atoms with E-state index in [-0.39, 0.29) is 5.56 Å². The molecule has 1 unspecified atom stereocenters. The van der Waals surface area contributed by atoms with Gasteiger partial charge in [0, 0.05) is 23.0 Å². The van der Waals surface area contributed by atoms with Crippen molar-refractivity contribution in [1.29, 1.82) is 0 Å². The number of hydrogen-bond donors (Lipinski definition) is 1. The maximum atomic E-state index is 13.8. The third-order valence-electron chi connectivity index (χ3n) is 6.65. The summed E-state index contributed by atoms with van der Waals surface area (Å²) in [6.45, 7) is 9.45. The SMILES string of the molecule is CCOc1ccc2[nH]c(=O)c(C(c3nnnn3C(C)(C)C)N(Cc3cccc(OC)c3)Cc3ccco3)cc2c1. The Morgan fingerprint density at radius 3 is 2.62 bits per heavy atom. The van der Waals surface area contributed by atoms with Gasteiger partial charge >= 0.3 is 0 Å². The number of methoxy groups -OCH3 is 1. The summed E-state index contributed by atoms with van der Waals surface area (Å²) in [5.41, 5.74) is 1.57. The summed E-state index contributed by atoms with van der Waals surface area (Å²) in [4.78, 5) is 19.0. The number of benzene rings is 2. The Bertz CT molecular complexity index is 1630. The van der Waals surface area contributed by atoms with Crippen LogP contribution in [0, 0.1) is 0 Å². The Morgan fingerprint density at radius 1 is 1.05 bits per heavy atom. The second kappa shape index (κ2) is 11.4. The van der Waals surface area contributed by atoms with Crippen molar-refractivity contribution in [2.75, 3.05) is 13.7 Å². The molecular formula is C30H34N6O4. The van der Waals surface area contributed by atoms with Gasteiger partial charge in [0.05, 0.1) is 32.1 Å². The van der Waals surface area contributed by atoms with Crippen molar-refractivity contribution >= 4 is 10.9 Å². The first-order chi connectivity index (χ1) is 19.3. The lowest BCUT2D eigenvalue weighted by atomic mass is 10.0. The minimum Gasteiger partial charge on any atom is -0.497 e. The van der Waals surface area contributed by atoms with E-state index in [0.29, 0.717) is 31.1 Å². The second-order valence-electron chi connectivity index (χ2n) is 10.6. The lowest BCUT2D eigenvalue weighted by Gasteiger charge is -2.32. The summed E-state index contributed by atoms with van der Waals surface area (Å²) >= 11 is 0. The molecule has 1 N–H and O–H groups in total. The van der Waals surface area contributed by atoms with Crippen LogP contribution in [0.2, 0.25) is 0 Å². The number of rotatable bonds is 10. The summed E-state index contributed by atoms with van der Waals surface area (Å²) in [7, 11) is 1.64. The fraction of sp³-hybridized carbons (Fsp3) is 0.333. The van der Waals surface area contributed by atoms with Gasteiger partial charge in [-0.3, -0.25) is 9.69 Å². The average molecular weight is 543 g/mol. The third kappa shape index (κ3) is 5.76. The first-order valence-electron chi connectivity index (χ1n) is 13.2. The predicted octanol–water partition coefficient (Wildman–Crippen LogP) is 5.06. The molecule has 40 heavy (non-hydrogen) atoms. The fourth-order valence-electron chi connectivity index (χ4n) is 4.85. The number of H-pyrrole nitrogens is 1. The maximum absolute atomic E-state index is 13.8. The number of nitrogens with zero attached hydrogens (tertiary/aromatic N) is 5. The topological polar surface area (TPSA) is 111 Å². The molecule has 0 bridgehead atoms. The van der Waals surface area contributed by atoms with Gasteiger partial charge < -0.3 is 18.9 Å². The zero-order valence-electron chi connectivity index (χ0n) is 23.4. The molecule has 10 heteroatoms. The van der Waals surface area contributed by atoms with Crippen molar-refractivity contribution in [2.24, 2.45) is 0 Å². The molecule has 0 spiro atoms. The molecule has 0 aliphatic heterocycles. The predicted molar refractivity (Wildman–Crippen MR) is 151 cm³/mol. The smallest absolute Gasteiger partial charge is 0.253 e. The van der Waals surface area contributed by atoms with Gasteiger partial charge in [0.15, 0.2) is 5.82 Å². The zero-order chi connectivity index (χ0) is 28.3. The standard InChI is InChI=1S/C30H34N6O4/c1-6-39-23-12-13-26-21(16-23)17-25(29(37)31-26)27(28-32-33-34-36(28)30(2,3)4)35(19-24-11-8-14-40-24)18-20-9-7-10-22(15-20)38-5/h7-17,27H,6,18-19H2,1-5H3,(H,31,37). The minimum atomic E-state index is -0.616. The highest BCUT2D eigenvalue weighted by Crippen LogP contribution is 2.33. The lowest BCUT2D eigenvalue weighted by molar-refractivity contribution is 0.171. The zero-order valence-corrected chi connectivity index (χ0v) is 23.4. The van der Waals surface area contributed by atoms with Gasteiger partial charge in [-0.2, -0.15) is 0 Å². The van der Waals surface area contributed by atoms with Crippen molar-refractivity contribution in [3.05, 3.63) is 100.0 Å². The fourth-order valence-corrected chi connectivity index (χ4v) is 4.85. The van der Waals surface area contributed by atoms with E-state index in [2.05, 4.69) is 25.4 Å². The molecule has 3 aromatic heterocycles. The molecule has 0 amide bonds. The van der Waals surface area contributed by atoms with Crippen molar-refractivity contribution in [3.8, 4) is 11.5 Å². The highest BCUT2D eigenvalue weighted by Gasteiger charge is 2.34. The second-order valence-corrected chi connectivity index (χ2v) is 10.6. The molecule has 3 heterocycles. The van der Waals surface area contributed by atoms with Crippen molar-refractivity contribution in [2.45, 2.75) is 52.4 Å². The number of nitrogens with one attached hydrogen (secondary N) is 1. The number of fused-ring (bicyclic) bond motifs is 1. The van der Waals surface area contributed by atoms with Crippen LogP contribution in [0.15, 0.2) is 76.1 Å². The molecular weight excluding hydrogens is 508 g/mol. The molecule has 0 saturated heterocycles. The van der Waals surface area contributed by atoms with E-state index in [1.165, 1.54) is 0 Å². The molecule has 2 aromatic carbocycles. The largest absolute Gasteiger partial charge is 0.497 e. The molecule has 0 radical (unpaired) electrons. The first kappa shape index (κ1) is 27.1. The van der Waals surface area contributed by atoms with Crippen LogP contribution in [0.5, 0.6) is 11.5 Å². The number of hydrogen-bond acceptors (Lipinski definition) is 8. The number of aromatic nitrogens is 5. The molecule has 0 saturated carbocycles. The Labute approximate surface area is 232 Å². The summed E-state index contributed by atoms with van der Waals surface area (Å²) in [6, 6.07) is 18.6. The van der Waals surface area contributed by atoms with Crippen LogP contribution in [0.1, 0.15) is 56.4 Å². The molecule has 10 nitrogen and oxygen atoms in total. The van der Waals surface area contributed by atoms with Crippen LogP contribution in [0.4, 0.5) is 0 Å². The summed E-state index contributed by atoms with van der Waals surface area (Å²) in [5.74, 6) is 2.78. The molecule has 5 rings (SSSR count). The molecule has 0 fully saturated rings. The van der Waals surface area contributed by atoms with E-state index in [9.17, 15) is 4.79 Å². The quantitative estimate of drug-likeness (QED) is 0.261. The van der Waals surface area contributed by atoms with Crippen molar-refractivity contribution in [3.63, 3.8) is 0 Å². The number of pyridine rings is 1. The number of ether oxygens (including phenoxy) is 2. The maximum Gasteiger partial charge on any atom is 0.253 e. The van der Waals surface area contributed by atoms with E-state index in [0.717, 1.165) is 33.7 Å². The van der Waals surface area contributed by atoms with Crippen LogP contribution in [-0.2, 0) is 18.6 Å². The molecule has 0 aliphatic rings. The number of tetrazole rings is 1. The Kier molecular flexibility index (Phi) is 7.70. The van der Waals surface area contributed by atoms with Gasteiger partial charge in [0.25, 0.3) is 5.56 Å². The Morgan fingerprint density at radius 2 is 1.90 bits per heavy atom. The van der Waals surface area contributed by atoms with Crippen LogP contribution < -0.4 is 15.0 Å². The van der Waals surface area contributed by atoms with Gasteiger partial charge in [-0.25, -0.2) is 4.68 Å². The molecule has 5 aromatic rings. The normalized spacial score (nSPS) is 12.7. The van der Waals surface area contributed by atoms with Gasteiger partial charge in [0.1, 0.15) is 23.3 Å². The monoisotopic (exact) mass is 542 g/mol.